The predicted molar refractivity (Wildman–Crippen MR) is 135 cm³/mol. The lowest BCUT2D eigenvalue weighted by atomic mass is 10.1. The Hall–Kier alpha value is -3.69. The second-order valence-electron chi connectivity index (χ2n) is 8.02. The predicted octanol–water partition coefficient (Wildman–Crippen LogP) is 3.75. The molecule has 0 unspecified atom stereocenters. The lowest BCUT2D eigenvalue weighted by Gasteiger charge is -2.17. The molecular weight excluding hydrogens is 514 g/mol. The molecule has 0 saturated heterocycles. The van der Waals surface area contributed by atoms with E-state index in [4.69, 9.17) is 0 Å². The van der Waals surface area contributed by atoms with Gasteiger partial charge in [-0.3, -0.25) is 14.6 Å². The van der Waals surface area contributed by atoms with E-state index in [0.717, 1.165) is 32.4 Å². The second-order valence-corrected chi connectivity index (χ2v) is 9.91. The van der Waals surface area contributed by atoms with Gasteiger partial charge in [0, 0.05) is 28.0 Å². The molecule has 0 radical (unpaired) electrons. The molecule has 34 heavy (non-hydrogen) atoms. The topological polar surface area (TPSA) is 80.5 Å². The molecular formula is C25H16BrN5O2S. The lowest BCUT2D eigenvalue weighted by molar-refractivity contribution is -0.113. The highest BCUT2D eigenvalue weighted by Crippen LogP contribution is 2.38. The summed E-state index contributed by atoms with van der Waals surface area (Å²) in [5.41, 5.74) is 4.48. The molecule has 2 aromatic carbocycles. The first kappa shape index (κ1) is 20.9. The summed E-state index contributed by atoms with van der Waals surface area (Å²) in [5, 5.41) is 4.40. The fourth-order valence-corrected chi connectivity index (χ4v) is 5.42. The normalized spacial score (nSPS) is 14.8. The van der Waals surface area contributed by atoms with Crippen LogP contribution < -0.4 is 15.0 Å². The average Bonchev–Trinajstić information content (AvgIpc) is 3.47. The number of aryl methyl sites for hydroxylation is 1. The molecule has 0 N–H and O–H groups in total. The Bertz CT molecular complexity index is 1690. The number of halogens is 1. The maximum atomic E-state index is 13.7. The first-order valence-corrected chi connectivity index (χ1v) is 12.1. The maximum absolute atomic E-state index is 13.7. The minimum atomic E-state index is -0.348. The molecule has 166 valence electrons. The zero-order chi connectivity index (χ0) is 23.4. The van der Waals surface area contributed by atoms with E-state index in [1.54, 1.807) is 29.4 Å². The number of fused-ring (bicyclic) bond motifs is 2. The number of thiazole rings is 1. The summed E-state index contributed by atoms with van der Waals surface area (Å²) >= 11 is 4.69. The third kappa shape index (κ3) is 3.36. The standard InChI is InChI=1S/C25H16BrN5O2S/c1-14-2-4-15(5-3-14)13-30-19-7-6-17(26)12-18(19)20(23(30)32)21-24(33)31-25(34-21)28-22(29-31)16-8-10-27-11-9-16/h2-12H,13H2,1H3. The molecule has 0 spiro atoms. The molecule has 5 aromatic rings. The molecule has 6 rings (SSSR count). The fourth-order valence-electron chi connectivity index (χ4n) is 4.06. The first-order chi connectivity index (χ1) is 16.5. The van der Waals surface area contributed by atoms with Crippen molar-refractivity contribution in [3.63, 3.8) is 0 Å². The zero-order valence-corrected chi connectivity index (χ0v) is 20.3. The van der Waals surface area contributed by atoms with E-state index in [2.05, 4.69) is 31.0 Å². The number of rotatable bonds is 3. The van der Waals surface area contributed by atoms with E-state index in [1.807, 2.05) is 49.4 Å². The number of nitrogens with zero attached hydrogens (tertiary/aromatic N) is 5. The van der Waals surface area contributed by atoms with E-state index in [0.29, 0.717) is 27.4 Å². The van der Waals surface area contributed by atoms with Crippen molar-refractivity contribution in [1.82, 2.24) is 19.6 Å². The summed E-state index contributed by atoms with van der Waals surface area (Å²) in [6, 6.07) is 17.4. The lowest BCUT2D eigenvalue weighted by Crippen LogP contribution is -2.32. The molecule has 0 fully saturated rings. The molecule has 9 heteroatoms. The van der Waals surface area contributed by atoms with Gasteiger partial charge in [-0.2, -0.15) is 9.50 Å². The highest BCUT2D eigenvalue weighted by Gasteiger charge is 2.34. The largest absolute Gasteiger partial charge is 0.303 e. The average molecular weight is 530 g/mol. The van der Waals surface area contributed by atoms with Gasteiger partial charge in [0.1, 0.15) is 4.53 Å². The zero-order valence-electron chi connectivity index (χ0n) is 17.9. The third-order valence-electron chi connectivity index (χ3n) is 5.76. The van der Waals surface area contributed by atoms with Crippen molar-refractivity contribution >= 4 is 49.4 Å². The van der Waals surface area contributed by atoms with Gasteiger partial charge in [-0.1, -0.05) is 57.1 Å². The van der Waals surface area contributed by atoms with E-state index in [-0.39, 0.29) is 11.5 Å². The number of amides is 1. The van der Waals surface area contributed by atoms with Crippen LogP contribution in [0.4, 0.5) is 5.69 Å². The van der Waals surface area contributed by atoms with Gasteiger partial charge < -0.3 is 4.90 Å². The van der Waals surface area contributed by atoms with Crippen molar-refractivity contribution in [2.75, 3.05) is 4.90 Å². The minimum absolute atomic E-state index is 0.204. The van der Waals surface area contributed by atoms with Gasteiger partial charge in [0.2, 0.25) is 4.96 Å². The van der Waals surface area contributed by atoms with E-state index in [1.165, 1.54) is 15.9 Å². The van der Waals surface area contributed by atoms with Crippen molar-refractivity contribution in [1.29, 1.82) is 0 Å². The Kier molecular flexibility index (Phi) is 4.89. The highest BCUT2D eigenvalue weighted by atomic mass is 79.9. The van der Waals surface area contributed by atoms with Crippen LogP contribution in [-0.4, -0.2) is 25.5 Å². The fraction of sp³-hybridized carbons (Fsp3) is 0.0800. The second kappa shape index (κ2) is 7.96. The van der Waals surface area contributed by atoms with Crippen LogP contribution in [0.15, 0.2) is 76.3 Å². The highest BCUT2D eigenvalue weighted by molar-refractivity contribution is 9.10. The van der Waals surface area contributed by atoms with Crippen LogP contribution in [0.2, 0.25) is 0 Å². The van der Waals surface area contributed by atoms with E-state index in [9.17, 15) is 9.59 Å². The molecule has 0 atom stereocenters. The monoisotopic (exact) mass is 529 g/mol. The number of pyridine rings is 1. The Balaban J connectivity index is 1.51. The number of benzene rings is 2. The smallest absolute Gasteiger partial charge is 0.291 e. The van der Waals surface area contributed by atoms with Crippen molar-refractivity contribution in [2.24, 2.45) is 0 Å². The molecule has 1 aliphatic heterocycles. The molecule has 1 aliphatic rings. The van der Waals surface area contributed by atoms with Gasteiger partial charge in [0.25, 0.3) is 11.5 Å². The van der Waals surface area contributed by atoms with Crippen LogP contribution in [0.1, 0.15) is 16.7 Å². The Morgan fingerprint density at radius 3 is 2.50 bits per heavy atom. The van der Waals surface area contributed by atoms with Crippen LogP contribution in [0.3, 0.4) is 0 Å². The van der Waals surface area contributed by atoms with Crippen molar-refractivity contribution in [3.8, 4) is 11.4 Å². The van der Waals surface area contributed by atoms with Crippen LogP contribution in [0.25, 0.3) is 21.9 Å². The Morgan fingerprint density at radius 1 is 1.00 bits per heavy atom. The summed E-state index contributed by atoms with van der Waals surface area (Å²) in [6.45, 7) is 2.44. The molecule has 4 heterocycles. The number of anilines is 1. The number of aromatic nitrogens is 4. The summed E-state index contributed by atoms with van der Waals surface area (Å²) in [4.78, 5) is 37.7. The number of hydrogen-bond donors (Lipinski definition) is 0. The van der Waals surface area contributed by atoms with Crippen LogP contribution in [-0.2, 0) is 11.3 Å². The van der Waals surface area contributed by atoms with Gasteiger partial charge in [-0.25, -0.2) is 0 Å². The van der Waals surface area contributed by atoms with Crippen LogP contribution >= 0.6 is 27.3 Å². The quantitative estimate of drug-likeness (QED) is 0.355. The molecule has 7 nitrogen and oxygen atoms in total. The van der Waals surface area contributed by atoms with Crippen LogP contribution in [0, 0.1) is 6.92 Å². The third-order valence-corrected chi connectivity index (χ3v) is 7.28. The summed E-state index contributed by atoms with van der Waals surface area (Å²) < 4.78 is 2.45. The van der Waals surface area contributed by atoms with Crippen molar-refractivity contribution in [2.45, 2.75) is 13.5 Å². The van der Waals surface area contributed by atoms with Crippen molar-refractivity contribution in [3.05, 3.63) is 103 Å². The molecule has 0 saturated carbocycles. The summed E-state index contributed by atoms with van der Waals surface area (Å²) in [5.74, 6) is 0.244. The summed E-state index contributed by atoms with van der Waals surface area (Å²) in [6.07, 6.45) is 3.30. The number of carbonyl (C=O) groups is 1. The van der Waals surface area contributed by atoms with Gasteiger partial charge >= 0.3 is 0 Å². The van der Waals surface area contributed by atoms with E-state index < -0.39 is 0 Å². The Morgan fingerprint density at radius 2 is 1.76 bits per heavy atom. The number of hydrogen-bond acceptors (Lipinski definition) is 6. The van der Waals surface area contributed by atoms with Gasteiger partial charge in [0.05, 0.1) is 17.8 Å². The molecule has 1 amide bonds. The Labute approximate surface area is 206 Å². The van der Waals surface area contributed by atoms with Gasteiger partial charge in [-0.15, -0.1) is 5.10 Å². The molecule has 0 aliphatic carbocycles. The van der Waals surface area contributed by atoms with Gasteiger partial charge in [-0.05, 0) is 42.8 Å². The van der Waals surface area contributed by atoms with Gasteiger partial charge in [0.15, 0.2) is 5.82 Å². The number of carbonyl (C=O) groups excluding carboxylic acids is 1. The van der Waals surface area contributed by atoms with Crippen LogP contribution in [0.5, 0.6) is 0 Å². The molecule has 0 bridgehead atoms. The summed E-state index contributed by atoms with van der Waals surface area (Å²) in [7, 11) is 0. The van der Waals surface area contributed by atoms with E-state index >= 15 is 0 Å². The maximum Gasteiger partial charge on any atom is 0.291 e. The van der Waals surface area contributed by atoms with Crippen molar-refractivity contribution < 1.29 is 4.79 Å². The SMILES string of the molecule is Cc1ccc(CN2C(=O)C(=c3sc4nc(-c5ccncc5)nn4c3=O)c3cc(Br)ccc32)cc1. The minimum Gasteiger partial charge on any atom is -0.303 e. The molecule has 3 aromatic heterocycles. The first-order valence-electron chi connectivity index (χ1n) is 10.5.